The van der Waals surface area contributed by atoms with Gasteiger partial charge >= 0.3 is 0 Å². The Bertz CT molecular complexity index is 3530. The van der Waals surface area contributed by atoms with E-state index in [1.165, 1.54) is 5.39 Å². The molecule has 0 atom stereocenters. The molecule has 5 heterocycles. The molecule has 0 saturated heterocycles. The number of pyridine rings is 1. The molecule has 0 amide bonds. The van der Waals surface area contributed by atoms with E-state index in [0.717, 1.165) is 77.0 Å². The van der Waals surface area contributed by atoms with E-state index in [-0.39, 0.29) is 0 Å². The molecule has 7 aromatic carbocycles. The zero-order valence-electron chi connectivity index (χ0n) is 30.3. The fourth-order valence-electron chi connectivity index (χ4n) is 8.30. The van der Waals surface area contributed by atoms with E-state index < -0.39 is 0 Å². The van der Waals surface area contributed by atoms with Gasteiger partial charge in [-0.25, -0.2) is 9.97 Å². The quantitative estimate of drug-likeness (QED) is 0.175. The summed E-state index contributed by atoms with van der Waals surface area (Å²) in [5.74, 6) is 2.01. The molecule has 0 N–H and O–H groups in total. The van der Waals surface area contributed by atoms with Gasteiger partial charge in [0.2, 0.25) is 11.8 Å². The lowest BCUT2D eigenvalue weighted by Gasteiger charge is -2.13. The van der Waals surface area contributed by atoms with E-state index in [4.69, 9.17) is 24.4 Å². The molecule has 0 fully saturated rings. The lowest BCUT2D eigenvalue weighted by atomic mass is 10.1. The van der Waals surface area contributed by atoms with E-state index in [0.29, 0.717) is 29.1 Å². The molecule has 12 rings (SSSR count). The summed E-state index contributed by atoms with van der Waals surface area (Å²) in [4.78, 5) is 25.4. The number of aromatic nitrogens is 7. The van der Waals surface area contributed by atoms with E-state index in [1.54, 1.807) is 6.20 Å². The van der Waals surface area contributed by atoms with Crippen molar-refractivity contribution in [2.45, 2.75) is 0 Å². The molecule has 57 heavy (non-hydrogen) atoms. The van der Waals surface area contributed by atoms with Crippen molar-refractivity contribution in [2.24, 2.45) is 0 Å². The third kappa shape index (κ3) is 4.84. The standard InChI is InChI=1S/C49H29N7O/c1-3-13-31(14-4-1)48-51-39-21-11-20-38(45(39)57-48)47-52-46(32-25-24-30-15-12-28-50-40(30)29-32)53-49(54-47)56-42-23-10-8-19-35(42)37-27-26-36-34-18-7-9-22-41(34)55(43(36)44(37)56)33-16-5-2-6-17-33/h1-29H. The summed E-state index contributed by atoms with van der Waals surface area (Å²) in [7, 11) is 0. The fourth-order valence-corrected chi connectivity index (χ4v) is 8.30. The van der Waals surface area contributed by atoms with Crippen LogP contribution < -0.4 is 0 Å². The van der Waals surface area contributed by atoms with Crippen LogP contribution in [0.25, 0.3) is 111 Å². The first-order chi connectivity index (χ1) is 28.3. The summed E-state index contributed by atoms with van der Waals surface area (Å²) in [6.07, 6.45) is 1.81. The highest BCUT2D eigenvalue weighted by Crippen LogP contribution is 2.42. The molecular formula is C49H29N7O. The van der Waals surface area contributed by atoms with Crippen LogP contribution in [0.4, 0.5) is 0 Å². The van der Waals surface area contributed by atoms with Crippen LogP contribution in [-0.4, -0.2) is 34.1 Å². The minimum atomic E-state index is 0.471. The van der Waals surface area contributed by atoms with Crippen LogP contribution in [0, 0.1) is 0 Å². The number of fused-ring (bicyclic) bond motifs is 9. The van der Waals surface area contributed by atoms with Crippen molar-refractivity contribution in [2.75, 3.05) is 0 Å². The Kier molecular flexibility index (Phi) is 6.76. The van der Waals surface area contributed by atoms with Gasteiger partial charge in [0, 0.05) is 49.9 Å². The molecule has 0 unspecified atom stereocenters. The van der Waals surface area contributed by atoms with Gasteiger partial charge in [0.15, 0.2) is 17.2 Å². The summed E-state index contributed by atoms with van der Waals surface area (Å²) >= 11 is 0. The second kappa shape index (κ2) is 12.3. The van der Waals surface area contributed by atoms with E-state index >= 15 is 0 Å². The van der Waals surface area contributed by atoms with E-state index in [9.17, 15) is 0 Å². The predicted molar refractivity (Wildman–Crippen MR) is 228 cm³/mol. The molecule has 0 radical (unpaired) electrons. The van der Waals surface area contributed by atoms with E-state index in [2.05, 4.69) is 117 Å². The first kappa shape index (κ1) is 31.4. The zero-order valence-corrected chi connectivity index (χ0v) is 30.3. The maximum atomic E-state index is 6.54. The third-order valence-electron chi connectivity index (χ3n) is 10.8. The Labute approximate surface area is 325 Å². The van der Waals surface area contributed by atoms with Crippen molar-refractivity contribution < 1.29 is 4.42 Å². The lowest BCUT2D eigenvalue weighted by molar-refractivity contribution is 0.620. The largest absolute Gasteiger partial charge is 0.435 e. The van der Waals surface area contributed by atoms with Crippen molar-refractivity contribution in [1.82, 2.24) is 34.1 Å². The number of nitrogens with zero attached hydrogens (tertiary/aromatic N) is 7. The summed E-state index contributed by atoms with van der Waals surface area (Å²) in [6, 6.07) is 58.1. The second-order valence-electron chi connectivity index (χ2n) is 14.1. The molecule has 8 heteroatoms. The first-order valence-electron chi connectivity index (χ1n) is 18.8. The fraction of sp³-hybridized carbons (Fsp3) is 0. The van der Waals surface area contributed by atoms with Gasteiger partial charge in [0.05, 0.1) is 33.1 Å². The van der Waals surface area contributed by atoms with Gasteiger partial charge in [-0.2, -0.15) is 9.97 Å². The molecule has 12 aromatic rings. The number of para-hydroxylation sites is 4. The van der Waals surface area contributed by atoms with Crippen LogP contribution in [0.5, 0.6) is 0 Å². The number of benzene rings is 7. The van der Waals surface area contributed by atoms with Gasteiger partial charge in [0.1, 0.15) is 5.52 Å². The van der Waals surface area contributed by atoms with Crippen molar-refractivity contribution in [3.05, 3.63) is 176 Å². The van der Waals surface area contributed by atoms with Crippen molar-refractivity contribution in [3.8, 4) is 45.9 Å². The molecule has 0 aliphatic heterocycles. The van der Waals surface area contributed by atoms with Crippen LogP contribution in [0.3, 0.4) is 0 Å². The summed E-state index contributed by atoms with van der Waals surface area (Å²) in [5, 5.41) is 5.54. The van der Waals surface area contributed by atoms with Crippen LogP contribution in [0.1, 0.15) is 0 Å². The van der Waals surface area contributed by atoms with Crippen LogP contribution in [0.2, 0.25) is 0 Å². The number of hydrogen-bond acceptors (Lipinski definition) is 6. The molecule has 8 nitrogen and oxygen atoms in total. The molecule has 0 aliphatic rings. The third-order valence-corrected chi connectivity index (χ3v) is 10.8. The van der Waals surface area contributed by atoms with Crippen molar-refractivity contribution >= 4 is 65.6 Å². The molecular weight excluding hydrogens is 703 g/mol. The Morgan fingerprint density at radius 2 is 1.12 bits per heavy atom. The normalized spacial score (nSPS) is 11.9. The van der Waals surface area contributed by atoms with Crippen molar-refractivity contribution in [3.63, 3.8) is 0 Å². The topological polar surface area (TPSA) is 87.5 Å². The minimum Gasteiger partial charge on any atom is -0.435 e. The zero-order chi connectivity index (χ0) is 37.5. The molecule has 0 aliphatic carbocycles. The minimum absolute atomic E-state index is 0.471. The van der Waals surface area contributed by atoms with Gasteiger partial charge in [-0.1, -0.05) is 109 Å². The summed E-state index contributed by atoms with van der Waals surface area (Å²) < 4.78 is 11.1. The average Bonchev–Trinajstić information content (AvgIpc) is 3.97. The average molecular weight is 732 g/mol. The maximum absolute atomic E-state index is 6.54. The molecule has 0 saturated carbocycles. The first-order valence-corrected chi connectivity index (χ1v) is 18.8. The number of rotatable bonds is 5. The summed E-state index contributed by atoms with van der Waals surface area (Å²) in [6.45, 7) is 0. The Morgan fingerprint density at radius 3 is 1.91 bits per heavy atom. The Balaban J connectivity index is 1.21. The highest BCUT2D eigenvalue weighted by molar-refractivity contribution is 6.23. The van der Waals surface area contributed by atoms with Crippen LogP contribution in [-0.2, 0) is 0 Å². The van der Waals surface area contributed by atoms with Gasteiger partial charge in [-0.3, -0.25) is 9.55 Å². The van der Waals surface area contributed by atoms with Crippen LogP contribution >= 0.6 is 0 Å². The molecule has 5 aromatic heterocycles. The summed E-state index contributed by atoms with van der Waals surface area (Å²) in [5.41, 5.74) is 9.86. The SMILES string of the molecule is c1ccc(-c2nc3cccc(-c4nc(-c5ccc6cccnc6c5)nc(-n5c6ccccc6c6ccc7c8ccccc8n(-c8ccccc8)c7c65)n4)c3o2)cc1. The Morgan fingerprint density at radius 1 is 0.439 bits per heavy atom. The lowest BCUT2D eigenvalue weighted by Crippen LogP contribution is -2.07. The van der Waals surface area contributed by atoms with Crippen molar-refractivity contribution in [1.29, 1.82) is 0 Å². The highest BCUT2D eigenvalue weighted by atomic mass is 16.3. The maximum Gasteiger partial charge on any atom is 0.238 e. The van der Waals surface area contributed by atoms with Gasteiger partial charge in [-0.05, 0) is 60.7 Å². The van der Waals surface area contributed by atoms with E-state index in [1.807, 2.05) is 66.7 Å². The van der Waals surface area contributed by atoms with Gasteiger partial charge in [0.25, 0.3) is 0 Å². The van der Waals surface area contributed by atoms with Crippen LogP contribution in [0.15, 0.2) is 180 Å². The highest BCUT2D eigenvalue weighted by Gasteiger charge is 2.24. The number of hydrogen-bond donors (Lipinski definition) is 0. The molecule has 0 spiro atoms. The van der Waals surface area contributed by atoms with Gasteiger partial charge in [-0.15, -0.1) is 0 Å². The smallest absolute Gasteiger partial charge is 0.238 e. The monoisotopic (exact) mass is 731 g/mol. The molecule has 0 bridgehead atoms. The Hall–Kier alpha value is -7.97. The second-order valence-corrected chi connectivity index (χ2v) is 14.1. The number of oxazole rings is 1. The molecule has 266 valence electrons. The van der Waals surface area contributed by atoms with Gasteiger partial charge < -0.3 is 8.98 Å². The predicted octanol–water partition coefficient (Wildman–Crippen LogP) is 11.8.